The van der Waals surface area contributed by atoms with Crippen molar-refractivity contribution in [3.05, 3.63) is 72.4 Å². The summed E-state index contributed by atoms with van der Waals surface area (Å²) in [7, 11) is 2.01. The maximum absolute atomic E-state index is 4.66. The first-order chi connectivity index (χ1) is 13.3. The van der Waals surface area contributed by atoms with E-state index in [-0.39, 0.29) is 0 Å². The third kappa shape index (κ3) is 4.37. The van der Waals surface area contributed by atoms with Crippen molar-refractivity contribution in [3.8, 4) is 0 Å². The molecule has 138 valence electrons. The SMILES string of the molecule is CN(Cc1ccccc1)c1nccc(Nc2ccc(N3CCCC3)cc2)n1. The zero-order valence-electron chi connectivity index (χ0n) is 15.7. The van der Waals surface area contributed by atoms with E-state index in [4.69, 9.17) is 0 Å². The number of hydrogen-bond acceptors (Lipinski definition) is 5. The van der Waals surface area contributed by atoms with Gasteiger partial charge in [-0.3, -0.25) is 0 Å². The molecule has 0 radical (unpaired) electrons. The van der Waals surface area contributed by atoms with Gasteiger partial charge in [0.25, 0.3) is 0 Å². The van der Waals surface area contributed by atoms with Crippen LogP contribution in [0.15, 0.2) is 66.9 Å². The van der Waals surface area contributed by atoms with Crippen LogP contribution in [-0.4, -0.2) is 30.1 Å². The molecule has 0 atom stereocenters. The largest absolute Gasteiger partial charge is 0.372 e. The number of hydrogen-bond donors (Lipinski definition) is 1. The average molecular weight is 359 g/mol. The predicted octanol–water partition coefficient (Wildman–Crippen LogP) is 4.46. The van der Waals surface area contributed by atoms with Gasteiger partial charge in [-0.05, 0) is 48.7 Å². The summed E-state index contributed by atoms with van der Waals surface area (Å²) in [5.74, 6) is 1.51. The van der Waals surface area contributed by atoms with Crippen molar-refractivity contribution < 1.29 is 0 Å². The van der Waals surface area contributed by atoms with Gasteiger partial charge >= 0.3 is 0 Å². The van der Waals surface area contributed by atoms with E-state index >= 15 is 0 Å². The standard InChI is InChI=1S/C22H25N5/c1-26(17-18-7-3-2-4-8-18)22-23-14-13-21(25-22)24-19-9-11-20(12-10-19)27-15-5-6-16-27/h2-4,7-14H,5-6,15-17H2,1H3,(H,23,24,25). The average Bonchev–Trinajstić information content (AvgIpc) is 3.24. The molecule has 27 heavy (non-hydrogen) atoms. The number of nitrogens with zero attached hydrogens (tertiary/aromatic N) is 4. The van der Waals surface area contributed by atoms with Gasteiger partial charge in [-0.15, -0.1) is 0 Å². The molecule has 0 saturated carbocycles. The Kier molecular flexibility index (Phi) is 5.19. The Labute approximate surface area is 160 Å². The molecule has 5 nitrogen and oxygen atoms in total. The number of nitrogens with one attached hydrogen (secondary N) is 1. The van der Waals surface area contributed by atoms with Crippen LogP contribution in [-0.2, 0) is 6.54 Å². The highest BCUT2D eigenvalue weighted by Crippen LogP contribution is 2.24. The monoisotopic (exact) mass is 359 g/mol. The van der Waals surface area contributed by atoms with Crippen LogP contribution >= 0.6 is 0 Å². The van der Waals surface area contributed by atoms with Gasteiger partial charge < -0.3 is 15.1 Å². The molecule has 0 spiro atoms. The third-order valence-electron chi connectivity index (χ3n) is 4.86. The molecular weight excluding hydrogens is 334 g/mol. The lowest BCUT2D eigenvalue weighted by Gasteiger charge is -2.19. The molecule has 1 aliphatic rings. The summed E-state index contributed by atoms with van der Waals surface area (Å²) in [5, 5.41) is 3.38. The molecule has 1 aromatic heterocycles. The third-order valence-corrected chi connectivity index (χ3v) is 4.86. The van der Waals surface area contributed by atoms with Gasteiger partial charge in [0.05, 0.1) is 0 Å². The summed E-state index contributed by atoms with van der Waals surface area (Å²) in [4.78, 5) is 13.6. The first-order valence-corrected chi connectivity index (χ1v) is 9.48. The van der Waals surface area contributed by atoms with Gasteiger partial charge in [0.1, 0.15) is 5.82 Å². The maximum atomic E-state index is 4.66. The summed E-state index contributed by atoms with van der Waals surface area (Å²) in [6.45, 7) is 3.10. The molecule has 1 fully saturated rings. The number of rotatable bonds is 6. The van der Waals surface area contributed by atoms with Crippen LogP contribution in [0.1, 0.15) is 18.4 Å². The van der Waals surface area contributed by atoms with Crippen LogP contribution in [0.2, 0.25) is 0 Å². The maximum Gasteiger partial charge on any atom is 0.227 e. The Morgan fingerprint density at radius 3 is 2.44 bits per heavy atom. The molecule has 1 saturated heterocycles. The summed E-state index contributed by atoms with van der Waals surface area (Å²) in [5.41, 5.74) is 3.57. The van der Waals surface area contributed by atoms with Crippen molar-refractivity contribution in [1.29, 1.82) is 0 Å². The Morgan fingerprint density at radius 1 is 0.963 bits per heavy atom. The first kappa shape index (κ1) is 17.3. The molecule has 0 amide bonds. The molecule has 1 aliphatic heterocycles. The smallest absolute Gasteiger partial charge is 0.227 e. The molecule has 0 aliphatic carbocycles. The molecule has 0 bridgehead atoms. The predicted molar refractivity (Wildman–Crippen MR) is 112 cm³/mol. The van der Waals surface area contributed by atoms with Gasteiger partial charge in [-0.2, -0.15) is 4.98 Å². The molecule has 3 aromatic rings. The van der Waals surface area contributed by atoms with Gasteiger partial charge in [0.15, 0.2) is 0 Å². The highest BCUT2D eigenvalue weighted by atomic mass is 15.2. The summed E-state index contributed by atoms with van der Waals surface area (Å²) in [6.07, 6.45) is 4.38. The van der Waals surface area contributed by atoms with Crippen LogP contribution in [0.25, 0.3) is 0 Å². The van der Waals surface area contributed by atoms with Gasteiger partial charge in [0.2, 0.25) is 5.95 Å². The lowest BCUT2D eigenvalue weighted by Crippen LogP contribution is -2.19. The number of aromatic nitrogens is 2. The van der Waals surface area contributed by atoms with Gasteiger partial charge in [-0.25, -0.2) is 4.98 Å². The fraction of sp³-hybridized carbons (Fsp3) is 0.273. The fourth-order valence-electron chi connectivity index (χ4n) is 3.41. The minimum atomic E-state index is 0.706. The summed E-state index contributed by atoms with van der Waals surface area (Å²) < 4.78 is 0. The van der Waals surface area contributed by atoms with Crippen molar-refractivity contribution in [3.63, 3.8) is 0 Å². The first-order valence-electron chi connectivity index (χ1n) is 9.48. The molecule has 0 unspecified atom stereocenters. The minimum Gasteiger partial charge on any atom is -0.372 e. The van der Waals surface area contributed by atoms with E-state index in [2.05, 4.69) is 61.5 Å². The zero-order valence-corrected chi connectivity index (χ0v) is 15.7. The molecule has 2 heterocycles. The lowest BCUT2D eigenvalue weighted by atomic mass is 10.2. The van der Waals surface area contributed by atoms with Crippen molar-refractivity contribution >= 4 is 23.1 Å². The van der Waals surface area contributed by atoms with Gasteiger partial charge in [-0.1, -0.05) is 30.3 Å². The quantitative estimate of drug-likeness (QED) is 0.704. The van der Waals surface area contributed by atoms with E-state index in [9.17, 15) is 0 Å². The molecule has 5 heteroatoms. The van der Waals surface area contributed by atoms with E-state index in [0.717, 1.165) is 31.1 Å². The van der Waals surface area contributed by atoms with Crippen LogP contribution in [0.4, 0.5) is 23.1 Å². The Balaban J connectivity index is 1.43. The fourth-order valence-corrected chi connectivity index (χ4v) is 3.41. The molecular formula is C22H25N5. The van der Waals surface area contributed by atoms with Crippen LogP contribution in [0.5, 0.6) is 0 Å². The highest BCUT2D eigenvalue weighted by molar-refractivity contribution is 5.61. The van der Waals surface area contributed by atoms with E-state index in [0.29, 0.717) is 5.95 Å². The second-order valence-corrected chi connectivity index (χ2v) is 6.95. The zero-order chi connectivity index (χ0) is 18.5. The summed E-state index contributed by atoms with van der Waals surface area (Å²) in [6, 6.07) is 20.8. The minimum absolute atomic E-state index is 0.706. The van der Waals surface area contributed by atoms with Crippen molar-refractivity contribution in [2.24, 2.45) is 0 Å². The van der Waals surface area contributed by atoms with Crippen LogP contribution < -0.4 is 15.1 Å². The van der Waals surface area contributed by atoms with E-state index < -0.39 is 0 Å². The van der Waals surface area contributed by atoms with E-state index in [1.807, 2.05) is 31.3 Å². The van der Waals surface area contributed by atoms with Crippen molar-refractivity contribution in [2.45, 2.75) is 19.4 Å². The second kappa shape index (κ2) is 8.08. The van der Waals surface area contributed by atoms with Crippen LogP contribution in [0.3, 0.4) is 0 Å². The Hall–Kier alpha value is -3.08. The topological polar surface area (TPSA) is 44.3 Å². The van der Waals surface area contributed by atoms with Crippen molar-refractivity contribution in [2.75, 3.05) is 35.3 Å². The molecule has 4 rings (SSSR count). The van der Waals surface area contributed by atoms with E-state index in [1.54, 1.807) is 6.20 Å². The number of benzene rings is 2. The van der Waals surface area contributed by atoms with Crippen LogP contribution in [0, 0.1) is 0 Å². The number of anilines is 4. The normalized spacial score (nSPS) is 13.6. The lowest BCUT2D eigenvalue weighted by molar-refractivity contribution is 0.868. The molecule has 2 aromatic carbocycles. The summed E-state index contributed by atoms with van der Waals surface area (Å²) >= 11 is 0. The molecule has 1 N–H and O–H groups in total. The Morgan fingerprint density at radius 2 is 1.70 bits per heavy atom. The van der Waals surface area contributed by atoms with Gasteiger partial charge in [0, 0.05) is 44.3 Å². The Bertz CT molecular complexity index is 857. The van der Waals surface area contributed by atoms with Crippen molar-refractivity contribution in [1.82, 2.24) is 9.97 Å². The highest BCUT2D eigenvalue weighted by Gasteiger charge is 2.12. The van der Waals surface area contributed by atoms with E-state index in [1.165, 1.54) is 24.1 Å². The second-order valence-electron chi connectivity index (χ2n) is 6.95.